The van der Waals surface area contributed by atoms with Crippen LogP contribution in [0.5, 0.6) is 0 Å². The van der Waals surface area contributed by atoms with Gasteiger partial charge in [0, 0.05) is 8.47 Å². The summed E-state index contributed by atoms with van der Waals surface area (Å²) in [4.78, 5) is 0.255. The first-order valence-electron chi connectivity index (χ1n) is 3.36. The maximum absolute atomic E-state index is 12.4. The zero-order valence-corrected chi connectivity index (χ0v) is 9.61. The molecule has 0 aliphatic heterocycles. The molecule has 14 heavy (non-hydrogen) atoms. The molecule has 0 saturated carbocycles. The molecule has 0 aliphatic rings. The van der Waals surface area contributed by atoms with E-state index in [1.807, 2.05) is 0 Å². The predicted octanol–water partition coefficient (Wildman–Crippen LogP) is 3.47. The summed E-state index contributed by atoms with van der Waals surface area (Å²) in [6.45, 7) is 0. The number of halogens is 4. The summed E-state index contributed by atoms with van der Waals surface area (Å²) in [5, 5.41) is 8.62. The fourth-order valence-corrected chi connectivity index (χ4v) is 2.24. The van der Waals surface area contributed by atoms with Gasteiger partial charge >= 0.3 is 6.18 Å². The third-order valence-corrected chi connectivity index (χ3v) is 3.03. The van der Waals surface area contributed by atoms with E-state index in [-0.39, 0.29) is 14.0 Å². The molecule has 0 fully saturated rings. The number of hydrogen-bond donors (Lipinski definition) is 1. The molecule has 1 aromatic carbocycles. The van der Waals surface area contributed by atoms with Crippen LogP contribution in [0.3, 0.4) is 0 Å². The predicted molar refractivity (Wildman–Crippen MR) is 56.1 cm³/mol. The maximum atomic E-state index is 12.4. The van der Waals surface area contributed by atoms with Gasteiger partial charge in [-0.1, -0.05) is 0 Å². The van der Waals surface area contributed by atoms with Gasteiger partial charge in [-0.2, -0.15) is 18.4 Å². The summed E-state index contributed by atoms with van der Waals surface area (Å²) >= 11 is 5.40. The lowest BCUT2D eigenvalue weighted by Gasteiger charge is -2.10. The average molecular weight is 329 g/mol. The highest BCUT2D eigenvalue weighted by atomic mass is 127. The van der Waals surface area contributed by atoms with Crippen molar-refractivity contribution in [1.29, 1.82) is 5.26 Å². The molecule has 6 heteroatoms. The summed E-state index contributed by atoms with van der Waals surface area (Å²) < 4.78 is 37.0. The first-order chi connectivity index (χ1) is 6.38. The van der Waals surface area contributed by atoms with Gasteiger partial charge in [-0.25, -0.2) is 0 Å². The largest absolute Gasteiger partial charge is 0.417 e. The molecule has 0 unspecified atom stereocenters. The quantitative estimate of drug-likeness (QED) is 0.572. The molecule has 0 N–H and O–H groups in total. The molecule has 0 heterocycles. The van der Waals surface area contributed by atoms with Crippen molar-refractivity contribution >= 4 is 35.2 Å². The lowest BCUT2D eigenvalue weighted by atomic mass is 10.1. The van der Waals surface area contributed by atoms with Gasteiger partial charge in [0.25, 0.3) is 0 Å². The molecule has 0 radical (unpaired) electrons. The molecule has 1 rings (SSSR count). The van der Waals surface area contributed by atoms with Gasteiger partial charge in [-0.15, -0.1) is 12.6 Å². The van der Waals surface area contributed by atoms with E-state index in [2.05, 4.69) is 12.6 Å². The van der Waals surface area contributed by atoms with Crippen LogP contribution < -0.4 is 0 Å². The zero-order chi connectivity index (χ0) is 10.9. The summed E-state index contributed by atoms with van der Waals surface area (Å²) in [5.41, 5.74) is -0.837. The van der Waals surface area contributed by atoms with E-state index >= 15 is 0 Å². The van der Waals surface area contributed by atoms with Crippen LogP contribution in [0.15, 0.2) is 17.0 Å². The smallest absolute Gasteiger partial charge is 0.192 e. The van der Waals surface area contributed by atoms with Crippen LogP contribution in [-0.4, -0.2) is 0 Å². The number of thiol groups is 1. The van der Waals surface area contributed by atoms with E-state index in [4.69, 9.17) is 5.26 Å². The summed E-state index contributed by atoms with van der Waals surface area (Å²) in [7, 11) is 0. The minimum atomic E-state index is -4.43. The Labute approximate surface area is 97.5 Å². The van der Waals surface area contributed by atoms with Crippen LogP contribution >= 0.6 is 35.2 Å². The van der Waals surface area contributed by atoms with Crippen LogP contribution in [0.1, 0.15) is 11.1 Å². The molecule has 0 aliphatic carbocycles. The Morgan fingerprint density at radius 1 is 1.36 bits per heavy atom. The van der Waals surface area contributed by atoms with Crippen molar-refractivity contribution in [3.63, 3.8) is 0 Å². The van der Waals surface area contributed by atoms with Crippen LogP contribution in [0.25, 0.3) is 0 Å². The van der Waals surface area contributed by atoms with E-state index in [0.29, 0.717) is 0 Å². The molecule has 0 atom stereocenters. The Bertz CT molecular complexity index is 408. The van der Waals surface area contributed by atoms with Crippen molar-refractivity contribution in [2.45, 2.75) is 11.1 Å². The Balaban J connectivity index is 3.46. The van der Waals surface area contributed by atoms with Crippen molar-refractivity contribution in [2.24, 2.45) is 0 Å². The second-order valence-corrected chi connectivity index (χ2v) is 3.99. The van der Waals surface area contributed by atoms with Crippen LogP contribution in [-0.2, 0) is 6.18 Å². The molecule has 0 aromatic heterocycles. The van der Waals surface area contributed by atoms with Gasteiger partial charge in [-0.05, 0) is 34.7 Å². The molecule has 0 amide bonds. The van der Waals surface area contributed by atoms with Crippen LogP contribution in [0, 0.1) is 14.9 Å². The SMILES string of the molecule is N#Cc1c(S)ccc(C(F)(F)F)c1I. The van der Waals surface area contributed by atoms with Crippen molar-refractivity contribution in [3.8, 4) is 6.07 Å². The van der Waals surface area contributed by atoms with Gasteiger partial charge in [-0.3, -0.25) is 0 Å². The highest BCUT2D eigenvalue weighted by molar-refractivity contribution is 14.1. The van der Waals surface area contributed by atoms with E-state index < -0.39 is 11.7 Å². The van der Waals surface area contributed by atoms with Crippen molar-refractivity contribution < 1.29 is 13.2 Å². The van der Waals surface area contributed by atoms with E-state index in [1.54, 1.807) is 6.07 Å². The molecule has 1 nitrogen and oxygen atoms in total. The van der Waals surface area contributed by atoms with Crippen molar-refractivity contribution in [1.82, 2.24) is 0 Å². The molecular weight excluding hydrogens is 326 g/mol. The minimum absolute atomic E-state index is 0.0382. The van der Waals surface area contributed by atoms with Gasteiger partial charge in [0.05, 0.1) is 11.1 Å². The number of nitriles is 1. The average Bonchev–Trinajstić information content (AvgIpc) is 2.02. The molecule has 0 bridgehead atoms. The van der Waals surface area contributed by atoms with Crippen LogP contribution in [0.2, 0.25) is 0 Å². The van der Waals surface area contributed by atoms with Crippen LogP contribution in [0.4, 0.5) is 13.2 Å². The summed E-state index contributed by atoms with van der Waals surface area (Å²) in [5.74, 6) is 0. The van der Waals surface area contributed by atoms with E-state index in [9.17, 15) is 13.2 Å². The van der Waals surface area contributed by atoms with Gasteiger partial charge in [0.15, 0.2) is 0 Å². The van der Waals surface area contributed by atoms with E-state index in [1.165, 1.54) is 28.7 Å². The van der Waals surface area contributed by atoms with Crippen molar-refractivity contribution in [2.75, 3.05) is 0 Å². The topological polar surface area (TPSA) is 23.8 Å². The number of nitrogens with zero attached hydrogens (tertiary/aromatic N) is 1. The Morgan fingerprint density at radius 3 is 2.36 bits per heavy atom. The fraction of sp³-hybridized carbons (Fsp3) is 0.125. The monoisotopic (exact) mass is 329 g/mol. The van der Waals surface area contributed by atoms with E-state index in [0.717, 1.165) is 6.07 Å². The standard InChI is InChI=1S/C8H3F3INS/c9-8(10,11)5-1-2-6(14)4(3-13)7(5)12/h1-2,14H. The Kier molecular flexibility index (Phi) is 3.32. The Hall–Kier alpha value is -0.420. The minimum Gasteiger partial charge on any atom is -0.192 e. The Morgan fingerprint density at radius 2 is 1.93 bits per heavy atom. The fourth-order valence-electron chi connectivity index (χ4n) is 0.891. The first-order valence-corrected chi connectivity index (χ1v) is 4.89. The molecule has 0 spiro atoms. The lowest BCUT2D eigenvalue weighted by molar-refractivity contribution is -0.138. The molecular formula is C8H3F3INS. The second-order valence-electron chi connectivity index (χ2n) is 2.43. The number of hydrogen-bond acceptors (Lipinski definition) is 2. The normalized spacial score (nSPS) is 11.1. The lowest BCUT2D eigenvalue weighted by Crippen LogP contribution is -2.08. The third kappa shape index (κ3) is 2.15. The first kappa shape index (κ1) is 11.7. The van der Waals surface area contributed by atoms with Gasteiger partial charge < -0.3 is 0 Å². The van der Waals surface area contributed by atoms with Crippen molar-refractivity contribution in [3.05, 3.63) is 26.8 Å². The van der Waals surface area contributed by atoms with Gasteiger partial charge in [0.1, 0.15) is 6.07 Å². The second kappa shape index (κ2) is 3.98. The molecule has 1 aromatic rings. The third-order valence-electron chi connectivity index (χ3n) is 1.54. The summed E-state index contributed by atoms with van der Waals surface area (Å²) in [6, 6.07) is 3.79. The zero-order valence-electron chi connectivity index (χ0n) is 6.56. The van der Waals surface area contributed by atoms with Gasteiger partial charge in [0.2, 0.25) is 0 Å². The molecule has 74 valence electrons. The number of alkyl halides is 3. The summed E-state index contributed by atoms with van der Waals surface area (Å²) in [6.07, 6.45) is -4.43. The maximum Gasteiger partial charge on any atom is 0.417 e. The number of rotatable bonds is 0. The number of benzene rings is 1. The highest BCUT2D eigenvalue weighted by Gasteiger charge is 2.34. The highest BCUT2D eigenvalue weighted by Crippen LogP contribution is 2.35. The molecule has 0 saturated heterocycles.